The molecule has 1 amide bonds. The first kappa shape index (κ1) is 37.5. The van der Waals surface area contributed by atoms with Crippen LogP contribution in [0.3, 0.4) is 0 Å². The number of alkyl halides is 3. The van der Waals surface area contributed by atoms with Crippen molar-refractivity contribution in [2.75, 3.05) is 6.54 Å². The van der Waals surface area contributed by atoms with Gasteiger partial charge in [0.2, 0.25) is 5.91 Å². The van der Waals surface area contributed by atoms with Crippen molar-refractivity contribution in [2.24, 2.45) is 0 Å². The number of hydrogen-bond donors (Lipinski definition) is 0. The van der Waals surface area contributed by atoms with Gasteiger partial charge in [-0.1, -0.05) is 81.4 Å². The lowest BCUT2D eigenvalue weighted by Crippen LogP contribution is -2.37. The third-order valence-electron chi connectivity index (χ3n) is 8.90. The molecule has 6 nitrogen and oxygen atoms in total. The molecule has 2 aromatic heterocycles. The summed E-state index contributed by atoms with van der Waals surface area (Å²) in [6.45, 7) is 7.02. The van der Waals surface area contributed by atoms with Gasteiger partial charge >= 0.3 is 6.18 Å². The van der Waals surface area contributed by atoms with Crippen molar-refractivity contribution in [3.8, 4) is 11.1 Å². The summed E-state index contributed by atoms with van der Waals surface area (Å²) >= 11 is 1.14. The Morgan fingerprint density at radius 3 is 2.23 bits per heavy atom. The zero-order valence-corrected chi connectivity index (χ0v) is 30.1. The largest absolute Gasteiger partial charge is 0.416 e. The predicted octanol–water partition coefficient (Wildman–Crippen LogP) is 9.48. The Balaban J connectivity index is 1.30. The molecule has 53 heavy (non-hydrogen) atoms. The Morgan fingerprint density at radius 2 is 1.55 bits per heavy atom. The average Bonchev–Trinajstić information content (AvgIpc) is 3.62. The fourth-order valence-electron chi connectivity index (χ4n) is 6.16. The molecule has 6 rings (SSSR count). The first-order chi connectivity index (χ1) is 25.2. The minimum absolute atomic E-state index is 0.0285. The van der Waals surface area contributed by atoms with E-state index in [-0.39, 0.29) is 41.2 Å². The normalized spacial score (nSPS) is 12.0. The van der Waals surface area contributed by atoms with Crippen LogP contribution in [-0.2, 0) is 41.8 Å². The number of halogens is 5. The van der Waals surface area contributed by atoms with Crippen LogP contribution < -0.4 is 5.43 Å². The minimum atomic E-state index is -4.43. The minimum Gasteiger partial charge on any atom is -0.335 e. The van der Waals surface area contributed by atoms with E-state index in [1.807, 2.05) is 35.0 Å². The van der Waals surface area contributed by atoms with E-state index >= 15 is 0 Å². The Labute approximate surface area is 307 Å². The number of benzene rings is 4. The highest BCUT2D eigenvalue weighted by Gasteiger charge is 2.30. The molecule has 0 fully saturated rings. The number of hydrogen-bond acceptors (Lipinski definition) is 4. The molecule has 274 valence electrons. The lowest BCUT2D eigenvalue weighted by atomic mass is 9.96. The van der Waals surface area contributed by atoms with Crippen LogP contribution in [0.5, 0.6) is 0 Å². The van der Waals surface area contributed by atoms with Crippen molar-refractivity contribution in [3.05, 3.63) is 154 Å². The Bertz CT molecular complexity index is 2290. The molecule has 0 saturated heterocycles. The number of carbonyl (C=O) groups excluding carboxylic acids is 1. The summed E-state index contributed by atoms with van der Waals surface area (Å²) in [5.41, 5.74) is 1.59. The highest BCUT2D eigenvalue weighted by molar-refractivity contribution is 7.98. The van der Waals surface area contributed by atoms with E-state index in [2.05, 4.69) is 25.8 Å². The van der Waals surface area contributed by atoms with Crippen LogP contribution in [0.2, 0.25) is 0 Å². The fourth-order valence-corrected chi connectivity index (χ4v) is 7.20. The van der Waals surface area contributed by atoms with E-state index < -0.39 is 23.4 Å². The van der Waals surface area contributed by atoms with Gasteiger partial charge in [0.25, 0.3) is 0 Å². The molecule has 2 heterocycles. The smallest absolute Gasteiger partial charge is 0.335 e. The molecule has 0 aliphatic carbocycles. The van der Waals surface area contributed by atoms with Crippen LogP contribution in [0.15, 0.2) is 119 Å². The van der Waals surface area contributed by atoms with Gasteiger partial charge in [-0.15, -0.1) is 11.8 Å². The fraction of sp³-hybridized carbons (Fsp3) is 0.244. The van der Waals surface area contributed by atoms with Crippen molar-refractivity contribution in [1.29, 1.82) is 0 Å². The molecule has 0 bridgehead atoms. The van der Waals surface area contributed by atoms with Gasteiger partial charge in [0.05, 0.1) is 16.1 Å². The molecular formula is C41H37F5N4O2S. The van der Waals surface area contributed by atoms with Crippen molar-refractivity contribution >= 4 is 28.6 Å². The third-order valence-corrected chi connectivity index (χ3v) is 9.99. The van der Waals surface area contributed by atoms with E-state index in [1.54, 1.807) is 39.9 Å². The Hall–Kier alpha value is -5.23. The summed E-state index contributed by atoms with van der Waals surface area (Å²) < 4.78 is 71.6. The van der Waals surface area contributed by atoms with Gasteiger partial charge in [-0.25, -0.2) is 13.8 Å². The van der Waals surface area contributed by atoms with Crippen LogP contribution in [-0.4, -0.2) is 31.5 Å². The molecular weight excluding hydrogens is 708 g/mol. The second-order valence-corrected chi connectivity index (χ2v) is 14.7. The number of fused-ring (bicyclic) bond motifs is 1. The molecule has 0 N–H and O–H groups in total. The topological polar surface area (TPSA) is 60.1 Å². The quantitative estimate of drug-likeness (QED) is 0.0980. The van der Waals surface area contributed by atoms with Gasteiger partial charge in [0, 0.05) is 60.2 Å². The standard InChI is InChI=1S/C41H37F5N4O2S/c1-40(2,3)39-47-19-20-48(39)21-22-49(24-27-11-13-28(14-12-27)29-15-17-31(18-16-29)41(44,45)46)36(52)25-50-34-10-5-4-8-32(34)35(51)23-37(50)53-26-30-7-6-9-33(42)38(30)43/h4-20,23H,21-22,24-26H2,1-3H3. The first-order valence-electron chi connectivity index (χ1n) is 16.9. The van der Waals surface area contributed by atoms with Gasteiger partial charge in [0.15, 0.2) is 17.1 Å². The number of para-hydroxylation sites is 1. The van der Waals surface area contributed by atoms with Gasteiger partial charge in [-0.05, 0) is 47.0 Å². The second kappa shape index (κ2) is 15.4. The number of carbonyl (C=O) groups is 1. The molecule has 12 heteroatoms. The number of amides is 1. The van der Waals surface area contributed by atoms with Crippen molar-refractivity contribution in [1.82, 2.24) is 19.0 Å². The highest BCUT2D eigenvalue weighted by atomic mass is 32.2. The van der Waals surface area contributed by atoms with E-state index in [0.29, 0.717) is 34.6 Å². The summed E-state index contributed by atoms with van der Waals surface area (Å²) in [4.78, 5) is 33.8. The SMILES string of the molecule is CC(C)(C)c1nccn1CCN(Cc1ccc(-c2ccc(C(F)(F)F)cc2)cc1)C(=O)Cn1c(SCc2cccc(F)c2F)cc(=O)c2ccccc21. The molecule has 0 spiro atoms. The number of aromatic nitrogens is 3. The molecule has 0 aliphatic rings. The van der Waals surface area contributed by atoms with Gasteiger partial charge in [-0.2, -0.15) is 13.2 Å². The zero-order valence-electron chi connectivity index (χ0n) is 29.3. The van der Waals surface area contributed by atoms with Crippen molar-refractivity contribution in [3.63, 3.8) is 0 Å². The van der Waals surface area contributed by atoms with Gasteiger partial charge in [0.1, 0.15) is 12.4 Å². The maximum Gasteiger partial charge on any atom is 0.416 e. The molecule has 0 saturated carbocycles. The van der Waals surface area contributed by atoms with Crippen LogP contribution in [0.1, 0.15) is 43.3 Å². The van der Waals surface area contributed by atoms with Crippen LogP contribution in [0, 0.1) is 11.6 Å². The molecule has 0 aliphatic heterocycles. The second-order valence-electron chi connectivity index (χ2n) is 13.7. The lowest BCUT2D eigenvalue weighted by Gasteiger charge is -2.27. The van der Waals surface area contributed by atoms with Crippen molar-refractivity contribution < 1.29 is 26.7 Å². The molecule has 4 aromatic carbocycles. The summed E-state index contributed by atoms with van der Waals surface area (Å²) in [6.07, 6.45) is -0.829. The first-order valence-corrected chi connectivity index (χ1v) is 17.9. The van der Waals surface area contributed by atoms with Gasteiger partial charge in [-0.3, -0.25) is 9.59 Å². The lowest BCUT2D eigenvalue weighted by molar-refractivity contribution is -0.137. The number of nitrogens with zero attached hydrogens (tertiary/aromatic N) is 4. The Morgan fingerprint density at radius 1 is 0.868 bits per heavy atom. The summed E-state index contributed by atoms with van der Waals surface area (Å²) in [6, 6.07) is 24.6. The monoisotopic (exact) mass is 744 g/mol. The molecule has 0 atom stereocenters. The molecule has 6 aromatic rings. The maximum absolute atomic E-state index is 14.6. The van der Waals surface area contributed by atoms with E-state index in [4.69, 9.17) is 0 Å². The predicted molar refractivity (Wildman–Crippen MR) is 197 cm³/mol. The summed E-state index contributed by atoms with van der Waals surface area (Å²) in [7, 11) is 0. The molecule has 0 unspecified atom stereocenters. The van der Waals surface area contributed by atoms with Crippen LogP contribution >= 0.6 is 11.8 Å². The van der Waals surface area contributed by atoms with Crippen molar-refractivity contribution in [2.45, 2.75) is 62.8 Å². The van der Waals surface area contributed by atoms with Crippen LogP contribution in [0.4, 0.5) is 22.0 Å². The zero-order chi connectivity index (χ0) is 37.9. The maximum atomic E-state index is 14.6. The Kier molecular flexibility index (Phi) is 10.9. The van der Waals surface area contributed by atoms with E-state index in [9.17, 15) is 31.5 Å². The van der Waals surface area contributed by atoms with Crippen LogP contribution in [0.25, 0.3) is 22.0 Å². The highest BCUT2D eigenvalue weighted by Crippen LogP contribution is 2.32. The number of rotatable bonds is 11. The average molecular weight is 745 g/mol. The van der Waals surface area contributed by atoms with E-state index in [1.165, 1.54) is 30.3 Å². The summed E-state index contributed by atoms with van der Waals surface area (Å²) in [5, 5.41) is 0.844. The van der Waals surface area contributed by atoms with Gasteiger partial charge < -0.3 is 14.0 Å². The molecule has 0 radical (unpaired) electrons. The van der Waals surface area contributed by atoms with E-state index in [0.717, 1.165) is 46.9 Å². The summed E-state index contributed by atoms with van der Waals surface area (Å²) in [5.74, 6) is -1.29. The number of imidazole rings is 1. The number of pyridine rings is 1. The number of thioether (sulfide) groups is 1. The third kappa shape index (κ3) is 8.71.